The molecule has 1 aliphatic heterocycles. The SMILES string of the molecule is COCCn1c(N)c(NCC2CCSCC2)c(=O)[nH]c1=O. The molecule has 0 aliphatic carbocycles. The van der Waals surface area contributed by atoms with E-state index < -0.39 is 11.2 Å². The van der Waals surface area contributed by atoms with Crippen molar-refractivity contribution in [3.05, 3.63) is 20.8 Å². The van der Waals surface area contributed by atoms with Gasteiger partial charge in [0.05, 0.1) is 13.2 Å². The number of nitrogens with one attached hydrogen (secondary N) is 2. The molecule has 0 amide bonds. The summed E-state index contributed by atoms with van der Waals surface area (Å²) in [6.07, 6.45) is 2.28. The van der Waals surface area contributed by atoms with Crippen molar-refractivity contribution in [2.45, 2.75) is 19.4 Å². The Hall–Kier alpha value is -1.41. The van der Waals surface area contributed by atoms with Crippen LogP contribution in [0.5, 0.6) is 0 Å². The summed E-state index contributed by atoms with van der Waals surface area (Å²) in [4.78, 5) is 26.0. The van der Waals surface area contributed by atoms with E-state index in [4.69, 9.17) is 10.5 Å². The molecular weight excluding hydrogens is 292 g/mol. The topological polar surface area (TPSA) is 102 Å². The highest BCUT2D eigenvalue weighted by Crippen LogP contribution is 2.23. The second-order valence-electron chi connectivity index (χ2n) is 5.10. The van der Waals surface area contributed by atoms with Gasteiger partial charge in [-0.25, -0.2) is 4.79 Å². The van der Waals surface area contributed by atoms with Crippen LogP contribution in [0.15, 0.2) is 9.59 Å². The molecule has 0 aromatic carbocycles. The number of thioether (sulfide) groups is 1. The Bertz CT molecular complexity index is 578. The highest BCUT2D eigenvalue weighted by molar-refractivity contribution is 7.99. The summed E-state index contributed by atoms with van der Waals surface area (Å²) in [6, 6.07) is 0. The molecule has 0 saturated carbocycles. The van der Waals surface area contributed by atoms with Gasteiger partial charge in [-0.1, -0.05) is 0 Å². The minimum absolute atomic E-state index is 0.172. The van der Waals surface area contributed by atoms with Crippen LogP contribution >= 0.6 is 11.8 Å². The first kappa shape index (κ1) is 16.0. The predicted molar refractivity (Wildman–Crippen MR) is 86.1 cm³/mol. The molecule has 2 heterocycles. The van der Waals surface area contributed by atoms with E-state index in [2.05, 4.69) is 10.3 Å². The van der Waals surface area contributed by atoms with Crippen LogP contribution < -0.4 is 22.3 Å². The Labute approximate surface area is 127 Å². The smallest absolute Gasteiger partial charge is 0.330 e. The van der Waals surface area contributed by atoms with Gasteiger partial charge in [0.2, 0.25) is 0 Å². The zero-order chi connectivity index (χ0) is 15.2. The van der Waals surface area contributed by atoms with Gasteiger partial charge in [-0.3, -0.25) is 14.3 Å². The zero-order valence-electron chi connectivity index (χ0n) is 12.2. The number of nitrogen functional groups attached to an aromatic ring is 1. The molecule has 118 valence electrons. The first-order valence-electron chi connectivity index (χ1n) is 7.06. The number of H-pyrrole nitrogens is 1. The number of aromatic nitrogens is 2. The fourth-order valence-corrected chi connectivity index (χ4v) is 3.56. The van der Waals surface area contributed by atoms with Gasteiger partial charge in [0.25, 0.3) is 5.56 Å². The Morgan fingerprint density at radius 1 is 1.43 bits per heavy atom. The summed E-state index contributed by atoms with van der Waals surface area (Å²) >= 11 is 1.96. The Balaban J connectivity index is 2.14. The molecule has 0 atom stereocenters. The van der Waals surface area contributed by atoms with Crippen molar-refractivity contribution in [1.82, 2.24) is 9.55 Å². The molecule has 0 bridgehead atoms. The van der Waals surface area contributed by atoms with Gasteiger partial charge in [-0.05, 0) is 30.3 Å². The zero-order valence-corrected chi connectivity index (χ0v) is 13.0. The van der Waals surface area contributed by atoms with Crippen LogP contribution in [0.2, 0.25) is 0 Å². The summed E-state index contributed by atoms with van der Waals surface area (Å²) in [5.41, 5.74) is 5.28. The summed E-state index contributed by atoms with van der Waals surface area (Å²) < 4.78 is 6.27. The van der Waals surface area contributed by atoms with Gasteiger partial charge in [-0.2, -0.15) is 11.8 Å². The first-order valence-corrected chi connectivity index (χ1v) is 8.22. The van der Waals surface area contributed by atoms with Gasteiger partial charge >= 0.3 is 5.69 Å². The molecule has 7 nitrogen and oxygen atoms in total. The molecule has 0 radical (unpaired) electrons. The van der Waals surface area contributed by atoms with E-state index in [0.717, 1.165) is 24.3 Å². The minimum Gasteiger partial charge on any atom is -0.383 e. The molecule has 4 N–H and O–H groups in total. The normalized spacial score (nSPS) is 16.0. The number of anilines is 2. The Kier molecular flexibility index (Phi) is 5.75. The highest BCUT2D eigenvalue weighted by atomic mass is 32.2. The third-order valence-corrected chi connectivity index (χ3v) is 4.72. The van der Waals surface area contributed by atoms with E-state index in [9.17, 15) is 9.59 Å². The quantitative estimate of drug-likeness (QED) is 0.699. The summed E-state index contributed by atoms with van der Waals surface area (Å²) in [7, 11) is 1.55. The van der Waals surface area contributed by atoms with Gasteiger partial charge in [0.1, 0.15) is 11.5 Å². The standard InChI is InChI=1S/C13H22N4O3S/c1-20-5-4-17-11(14)10(12(18)16-13(17)19)15-8-9-2-6-21-7-3-9/h9,15H,2-8,14H2,1H3,(H,16,18,19). The van der Waals surface area contributed by atoms with Crippen molar-refractivity contribution in [2.75, 3.05) is 42.8 Å². The maximum absolute atomic E-state index is 11.9. The van der Waals surface area contributed by atoms with Crippen LogP contribution in [0.4, 0.5) is 11.5 Å². The van der Waals surface area contributed by atoms with Crippen LogP contribution in [0, 0.1) is 5.92 Å². The lowest BCUT2D eigenvalue weighted by Gasteiger charge is -2.22. The Morgan fingerprint density at radius 3 is 2.81 bits per heavy atom. The molecule has 1 aromatic heterocycles. The largest absolute Gasteiger partial charge is 0.383 e. The van der Waals surface area contributed by atoms with Crippen molar-refractivity contribution in [2.24, 2.45) is 5.92 Å². The van der Waals surface area contributed by atoms with Crippen LogP contribution in [-0.2, 0) is 11.3 Å². The van der Waals surface area contributed by atoms with Crippen molar-refractivity contribution in [3.8, 4) is 0 Å². The molecule has 1 aromatic rings. The summed E-state index contributed by atoms with van der Waals surface area (Å²) in [5.74, 6) is 3.03. The van der Waals surface area contributed by atoms with Crippen LogP contribution in [0.1, 0.15) is 12.8 Å². The first-order chi connectivity index (χ1) is 10.1. The van der Waals surface area contributed by atoms with E-state index in [1.54, 1.807) is 7.11 Å². The molecule has 2 rings (SSSR count). The lowest BCUT2D eigenvalue weighted by atomic mass is 10.0. The molecule has 1 saturated heterocycles. The van der Waals surface area contributed by atoms with E-state index >= 15 is 0 Å². The lowest BCUT2D eigenvalue weighted by molar-refractivity contribution is 0.186. The summed E-state index contributed by atoms with van der Waals surface area (Å²) in [6.45, 7) is 1.37. The molecule has 0 unspecified atom stereocenters. The third-order valence-electron chi connectivity index (χ3n) is 3.67. The minimum atomic E-state index is -0.505. The second-order valence-corrected chi connectivity index (χ2v) is 6.33. The molecule has 21 heavy (non-hydrogen) atoms. The van der Waals surface area contributed by atoms with Gasteiger partial charge < -0.3 is 15.8 Å². The van der Waals surface area contributed by atoms with Crippen molar-refractivity contribution >= 4 is 23.3 Å². The number of nitrogens with two attached hydrogens (primary N) is 1. The van der Waals surface area contributed by atoms with E-state index in [0.29, 0.717) is 25.6 Å². The van der Waals surface area contributed by atoms with Crippen LogP contribution in [-0.4, -0.2) is 41.3 Å². The second kappa shape index (κ2) is 7.56. The fraction of sp³-hybridized carbons (Fsp3) is 0.692. The van der Waals surface area contributed by atoms with Crippen LogP contribution in [0.3, 0.4) is 0 Å². The maximum Gasteiger partial charge on any atom is 0.330 e. The number of hydrogen-bond donors (Lipinski definition) is 3. The van der Waals surface area contributed by atoms with Crippen molar-refractivity contribution in [3.63, 3.8) is 0 Å². The van der Waals surface area contributed by atoms with Gasteiger partial charge in [-0.15, -0.1) is 0 Å². The average Bonchev–Trinajstić information content (AvgIpc) is 2.47. The van der Waals surface area contributed by atoms with Crippen LogP contribution in [0.25, 0.3) is 0 Å². The van der Waals surface area contributed by atoms with Crippen molar-refractivity contribution < 1.29 is 4.74 Å². The number of nitrogens with zero attached hydrogens (tertiary/aromatic N) is 1. The Morgan fingerprint density at radius 2 is 2.14 bits per heavy atom. The lowest BCUT2D eigenvalue weighted by Crippen LogP contribution is -2.35. The molecule has 1 fully saturated rings. The molecule has 1 aliphatic rings. The number of rotatable bonds is 6. The molecular formula is C13H22N4O3S. The number of methoxy groups -OCH3 is 1. The van der Waals surface area contributed by atoms with E-state index in [1.807, 2.05) is 11.8 Å². The number of hydrogen-bond acceptors (Lipinski definition) is 6. The van der Waals surface area contributed by atoms with Gasteiger partial charge in [0.15, 0.2) is 0 Å². The number of ether oxygens (including phenoxy) is 1. The molecule has 8 heteroatoms. The van der Waals surface area contributed by atoms with E-state index in [1.165, 1.54) is 4.57 Å². The van der Waals surface area contributed by atoms with E-state index in [-0.39, 0.29) is 11.5 Å². The highest BCUT2D eigenvalue weighted by Gasteiger charge is 2.16. The maximum atomic E-state index is 11.9. The average molecular weight is 314 g/mol. The fourth-order valence-electron chi connectivity index (χ4n) is 2.36. The predicted octanol–water partition coefficient (Wildman–Crippen LogP) is 0.320. The van der Waals surface area contributed by atoms with Crippen molar-refractivity contribution in [1.29, 1.82) is 0 Å². The van der Waals surface area contributed by atoms with Gasteiger partial charge in [0, 0.05) is 13.7 Å². The summed E-state index contributed by atoms with van der Waals surface area (Å²) in [5, 5.41) is 3.12. The third kappa shape index (κ3) is 4.04. The number of aromatic amines is 1. The monoisotopic (exact) mass is 314 g/mol. The molecule has 0 spiro atoms.